The molecule has 2 rings (SSSR count). The van der Waals surface area contributed by atoms with E-state index in [2.05, 4.69) is 5.48 Å². The highest BCUT2D eigenvalue weighted by atomic mass is 16.8. The number of nitrogens with one attached hydrogen (secondary N) is 1. The van der Waals surface area contributed by atoms with E-state index in [-0.39, 0.29) is 13.0 Å². The lowest BCUT2D eigenvalue weighted by Crippen LogP contribution is -2.67. The number of hydroxylamine groups is 1. The normalized spacial score (nSPS) is 25.6. The number of esters is 7. The van der Waals surface area contributed by atoms with E-state index >= 15 is 0 Å². The van der Waals surface area contributed by atoms with Gasteiger partial charge in [0.1, 0.15) is 37.6 Å². The Morgan fingerprint density at radius 1 is 0.379 bits per heavy atom. The molecule has 378 valence electrons. The Morgan fingerprint density at radius 3 is 1.08 bits per heavy atom. The summed E-state index contributed by atoms with van der Waals surface area (Å²) in [7, 11) is 0. The fourth-order valence-corrected chi connectivity index (χ4v) is 5.93. The number of rotatable bonds is 23. The zero-order valence-electron chi connectivity index (χ0n) is 41.5. The van der Waals surface area contributed by atoms with Gasteiger partial charge in [-0.2, -0.15) is 5.48 Å². The molecule has 0 bridgehead atoms. The van der Waals surface area contributed by atoms with Crippen LogP contribution in [-0.4, -0.2) is 129 Å². The summed E-state index contributed by atoms with van der Waals surface area (Å²) in [6.45, 7) is 24.2. The van der Waals surface area contributed by atoms with Crippen molar-refractivity contribution in [3.05, 3.63) is 0 Å². The molecule has 2 fully saturated rings. The third-order valence-corrected chi connectivity index (χ3v) is 10.1. The molecule has 0 spiro atoms. The van der Waals surface area contributed by atoms with Crippen molar-refractivity contribution in [2.45, 2.75) is 178 Å². The first-order chi connectivity index (χ1) is 30.7. The molecular weight excluding hydrogens is 870 g/mol. The molecular formula is C46H75NO19. The third kappa shape index (κ3) is 17.4. The monoisotopic (exact) mass is 945 g/mol. The fourth-order valence-electron chi connectivity index (χ4n) is 5.93. The van der Waals surface area contributed by atoms with Crippen LogP contribution in [0.4, 0.5) is 0 Å². The molecule has 0 amide bonds. The number of carbonyl (C=O) groups excluding carboxylic acids is 8. The molecule has 2 saturated heterocycles. The predicted molar refractivity (Wildman–Crippen MR) is 231 cm³/mol. The van der Waals surface area contributed by atoms with Gasteiger partial charge in [-0.3, -0.25) is 38.4 Å². The van der Waals surface area contributed by atoms with Gasteiger partial charge in [-0.05, 0) is 6.42 Å². The lowest BCUT2D eigenvalue weighted by Gasteiger charge is -2.49. The van der Waals surface area contributed by atoms with E-state index in [1.54, 1.807) is 111 Å². The smallest absolute Gasteiger partial charge is 0.327 e. The minimum Gasteiger partial charge on any atom is -0.463 e. The van der Waals surface area contributed by atoms with Crippen molar-refractivity contribution in [3.8, 4) is 0 Å². The average Bonchev–Trinajstić information content (AvgIpc) is 3.23. The van der Waals surface area contributed by atoms with Crippen LogP contribution in [-0.2, 0) is 90.6 Å². The second kappa shape index (κ2) is 26.8. The Morgan fingerprint density at radius 2 is 0.697 bits per heavy atom. The third-order valence-electron chi connectivity index (χ3n) is 10.1. The summed E-state index contributed by atoms with van der Waals surface area (Å²) >= 11 is 0. The van der Waals surface area contributed by atoms with Gasteiger partial charge in [-0.1, -0.05) is 111 Å². The van der Waals surface area contributed by atoms with Crippen LogP contribution in [0.1, 0.15) is 117 Å². The highest BCUT2D eigenvalue weighted by molar-refractivity contribution is 5.75. The molecule has 2 aliphatic rings. The van der Waals surface area contributed by atoms with Crippen LogP contribution in [0.3, 0.4) is 0 Å². The number of carbonyl (C=O) groups is 8. The molecule has 2 heterocycles. The molecule has 20 heteroatoms. The fraction of sp³-hybridized carbons (Fsp3) is 0.826. The van der Waals surface area contributed by atoms with Crippen LogP contribution < -0.4 is 5.48 Å². The quantitative estimate of drug-likeness (QED) is 0.0652. The largest absolute Gasteiger partial charge is 0.463 e. The maximum absolute atomic E-state index is 13.7. The van der Waals surface area contributed by atoms with Gasteiger partial charge >= 0.3 is 47.8 Å². The van der Waals surface area contributed by atoms with Crippen LogP contribution >= 0.6 is 0 Å². The van der Waals surface area contributed by atoms with E-state index in [1.807, 2.05) is 0 Å². The summed E-state index contributed by atoms with van der Waals surface area (Å²) in [5.41, 5.74) is 2.58. The first kappa shape index (κ1) is 57.7. The van der Waals surface area contributed by atoms with Crippen molar-refractivity contribution in [2.75, 3.05) is 19.8 Å². The summed E-state index contributed by atoms with van der Waals surface area (Å²) < 4.78 is 61.2. The van der Waals surface area contributed by atoms with Crippen LogP contribution in [0.5, 0.6) is 0 Å². The van der Waals surface area contributed by atoms with Crippen molar-refractivity contribution in [2.24, 2.45) is 47.3 Å². The molecule has 0 saturated carbocycles. The Hall–Kier alpha value is -4.40. The van der Waals surface area contributed by atoms with Crippen molar-refractivity contribution >= 4 is 47.8 Å². The number of ether oxygens (including phenoxy) is 10. The Labute approximate surface area is 388 Å². The Bertz CT molecular complexity index is 1640. The minimum atomic E-state index is -1.85. The van der Waals surface area contributed by atoms with Gasteiger partial charge in [-0.15, -0.1) is 0 Å². The van der Waals surface area contributed by atoms with E-state index < -0.39 is 170 Å². The Balaban J connectivity index is 2.99. The van der Waals surface area contributed by atoms with Crippen molar-refractivity contribution in [1.82, 2.24) is 5.48 Å². The summed E-state index contributed by atoms with van der Waals surface area (Å²) in [6.07, 6.45) is -15.5. The van der Waals surface area contributed by atoms with E-state index in [9.17, 15) is 38.4 Å². The van der Waals surface area contributed by atoms with Crippen molar-refractivity contribution in [3.63, 3.8) is 0 Å². The molecule has 20 nitrogen and oxygen atoms in total. The molecule has 0 aromatic carbocycles. The van der Waals surface area contributed by atoms with Crippen LogP contribution in [0, 0.1) is 47.3 Å². The highest BCUT2D eigenvalue weighted by Crippen LogP contribution is 2.37. The van der Waals surface area contributed by atoms with E-state index in [4.69, 9.17) is 52.2 Å². The molecule has 66 heavy (non-hydrogen) atoms. The lowest BCUT2D eigenvalue weighted by molar-refractivity contribution is -0.346. The van der Waals surface area contributed by atoms with Gasteiger partial charge in [0, 0.05) is 6.54 Å². The standard InChI is InChI=1S/C46H75NO19/c1-21(2)38(48)56-19-30-34(35(62-42(52)25(9)10)32(60-40(50)23(5)6)29(58-30)17-18-47-66-45(55)28(15)16)65-46-37(64-44(54)27(13)14)36(63-43(53)26(11)12)33(61-41(51)24(7)8)31(59-46)20-57-39(49)22(3)4/h21-37,46-47H,17-20H2,1-16H3/t29-,30?,31?,32?,33-,34+,35?,36?,37?,46-/m0/s1. The predicted octanol–water partition coefficient (Wildman–Crippen LogP) is 4.20. The molecule has 6 unspecified atom stereocenters. The minimum absolute atomic E-state index is 0.0353. The van der Waals surface area contributed by atoms with Gasteiger partial charge in [0.05, 0.1) is 47.3 Å². The van der Waals surface area contributed by atoms with Crippen LogP contribution in [0.15, 0.2) is 0 Å². The molecule has 1 N–H and O–H groups in total. The summed E-state index contributed by atoms with van der Waals surface area (Å²) in [6, 6.07) is 0. The van der Waals surface area contributed by atoms with Gasteiger partial charge in [0.2, 0.25) is 0 Å². The van der Waals surface area contributed by atoms with Gasteiger partial charge < -0.3 is 52.2 Å². The van der Waals surface area contributed by atoms with Crippen LogP contribution in [0.2, 0.25) is 0 Å². The summed E-state index contributed by atoms with van der Waals surface area (Å²) in [5.74, 6) is -11.0. The summed E-state index contributed by atoms with van der Waals surface area (Å²) in [4.78, 5) is 111. The number of hydrogen-bond donors (Lipinski definition) is 1. The van der Waals surface area contributed by atoms with Crippen molar-refractivity contribution < 1.29 is 90.6 Å². The molecule has 0 aromatic rings. The van der Waals surface area contributed by atoms with Crippen molar-refractivity contribution in [1.29, 1.82) is 0 Å². The summed E-state index contributed by atoms with van der Waals surface area (Å²) in [5, 5.41) is 0. The van der Waals surface area contributed by atoms with E-state index in [1.165, 1.54) is 0 Å². The van der Waals surface area contributed by atoms with Gasteiger partial charge in [0.15, 0.2) is 36.8 Å². The zero-order valence-corrected chi connectivity index (χ0v) is 41.5. The SMILES string of the molecule is CC(C)C(=O)OCC1O[C@@H](CCNOC(=O)C(C)C)C(OC(=O)C(C)C)C(OC(=O)C(C)C)[C@@H]1O[C@@H]1OC(COC(=O)C(C)C)[C@H](OC(=O)C(C)C)C(OC(=O)C(C)C)C1OC(=O)C(C)C. The van der Waals surface area contributed by atoms with Crippen LogP contribution in [0.25, 0.3) is 0 Å². The van der Waals surface area contributed by atoms with Gasteiger partial charge in [-0.25, -0.2) is 0 Å². The molecule has 10 atom stereocenters. The maximum atomic E-state index is 13.7. The first-order valence-electron chi connectivity index (χ1n) is 22.9. The molecule has 0 aliphatic carbocycles. The molecule has 0 aromatic heterocycles. The average molecular weight is 946 g/mol. The van der Waals surface area contributed by atoms with E-state index in [0.717, 1.165) is 0 Å². The second-order valence-corrected chi connectivity index (χ2v) is 19.0. The number of hydrogen-bond acceptors (Lipinski definition) is 20. The Kier molecular flexibility index (Phi) is 23.5. The highest BCUT2D eigenvalue weighted by Gasteiger charge is 2.58. The van der Waals surface area contributed by atoms with Gasteiger partial charge in [0.25, 0.3) is 0 Å². The van der Waals surface area contributed by atoms with E-state index in [0.29, 0.717) is 0 Å². The topological polar surface area (TPSA) is 250 Å². The maximum Gasteiger partial charge on any atom is 0.327 e. The zero-order chi connectivity index (χ0) is 50.3. The second-order valence-electron chi connectivity index (χ2n) is 19.0. The molecule has 2 aliphatic heterocycles. The lowest BCUT2D eigenvalue weighted by atomic mass is 9.91. The first-order valence-corrected chi connectivity index (χ1v) is 22.9. The molecule has 0 radical (unpaired) electrons.